The first-order valence-electron chi connectivity index (χ1n) is 9.76. The van der Waals surface area contributed by atoms with Crippen LogP contribution in [0.1, 0.15) is 22.8 Å². The second-order valence-corrected chi connectivity index (χ2v) is 7.01. The van der Waals surface area contributed by atoms with Crippen molar-refractivity contribution in [3.63, 3.8) is 0 Å². The molecule has 158 valence electrons. The molecule has 0 saturated heterocycles. The van der Waals surface area contributed by atoms with Crippen LogP contribution in [0, 0.1) is 0 Å². The van der Waals surface area contributed by atoms with Gasteiger partial charge in [-0.1, -0.05) is 54.6 Å². The maximum Gasteiger partial charge on any atom is 0.338 e. The van der Waals surface area contributed by atoms with Crippen molar-refractivity contribution in [1.29, 1.82) is 0 Å². The van der Waals surface area contributed by atoms with E-state index in [-0.39, 0.29) is 18.5 Å². The van der Waals surface area contributed by atoms with Crippen molar-refractivity contribution in [3.05, 3.63) is 90.0 Å². The Morgan fingerprint density at radius 3 is 1.97 bits per heavy atom. The van der Waals surface area contributed by atoms with E-state index in [0.717, 1.165) is 16.7 Å². The normalized spacial score (nSPS) is 10.3. The van der Waals surface area contributed by atoms with Crippen LogP contribution in [0.3, 0.4) is 0 Å². The minimum atomic E-state index is -0.557. The molecule has 1 amide bonds. The van der Waals surface area contributed by atoms with Crippen molar-refractivity contribution < 1.29 is 23.9 Å². The molecule has 3 rings (SSSR count). The lowest BCUT2D eigenvalue weighted by molar-refractivity contribution is -0.134. The number of benzene rings is 3. The zero-order valence-electron chi connectivity index (χ0n) is 17.4. The quantitative estimate of drug-likeness (QED) is 0.428. The van der Waals surface area contributed by atoms with Crippen molar-refractivity contribution in [2.24, 2.45) is 0 Å². The van der Waals surface area contributed by atoms with E-state index in [1.807, 2.05) is 42.5 Å². The zero-order valence-corrected chi connectivity index (χ0v) is 17.4. The Morgan fingerprint density at radius 2 is 1.39 bits per heavy atom. The van der Waals surface area contributed by atoms with Gasteiger partial charge in [0.2, 0.25) is 0 Å². The third kappa shape index (κ3) is 6.27. The molecule has 0 atom stereocenters. The molecule has 0 aliphatic heterocycles. The van der Waals surface area contributed by atoms with Crippen molar-refractivity contribution in [2.75, 3.05) is 13.7 Å². The van der Waals surface area contributed by atoms with Crippen molar-refractivity contribution in [1.82, 2.24) is 4.90 Å². The lowest BCUT2D eigenvalue weighted by atomic mass is 10.0. The predicted molar refractivity (Wildman–Crippen MR) is 116 cm³/mol. The second kappa shape index (κ2) is 10.2. The molecule has 0 spiro atoms. The number of amides is 1. The molecule has 0 heterocycles. The molecule has 0 unspecified atom stereocenters. The average Bonchev–Trinajstić information content (AvgIpc) is 2.78. The van der Waals surface area contributed by atoms with E-state index in [0.29, 0.717) is 17.9 Å². The molecule has 0 radical (unpaired) electrons. The predicted octanol–water partition coefficient (Wildman–Crippen LogP) is 4.09. The fourth-order valence-electron chi connectivity index (χ4n) is 2.95. The number of carbonyl (C=O) groups excluding carboxylic acids is 3. The van der Waals surface area contributed by atoms with Crippen molar-refractivity contribution in [3.8, 4) is 16.9 Å². The number of hydrogen-bond acceptors (Lipinski definition) is 5. The Hall–Kier alpha value is -3.93. The molecule has 6 nitrogen and oxygen atoms in total. The molecule has 0 N–H and O–H groups in total. The summed E-state index contributed by atoms with van der Waals surface area (Å²) in [5, 5.41) is 0. The Morgan fingerprint density at radius 1 is 0.806 bits per heavy atom. The first-order valence-corrected chi connectivity index (χ1v) is 9.76. The molecule has 0 bridgehead atoms. The highest BCUT2D eigenvalue weighted by molar-refractivity contribution is 5.91. The molecule has 0 saturated carbocycles. The average molecular weight is 417 g/mol. The van der Waals surface area contributed by atoms with Gasteiger partial charge >= 0.3 is 11.9 Å². The van der Waals surface area contributed by atoms with Gasteiger partial charge < -0.3 is 14.4 Å². The molecule has 0 aliphatic carbocycles. The second-order valence-electron chi connectivity index (χ2n) is 7.01. The minimum Gasteiger partial charge on any atom is -0.452 e. The number of ether oxygens (including phenoxy) is 2. The molecule has 0 fully saturated rings. The van der Waals surface area contributed by atoms with E-state index in [9.17, 15) is 14.4 Å². The van der Waals surface area contributed by atoms with Crippen LogP contribution in [0.2, 0.25) is 0 Å². The van der Waals surface area contributed by atoms with Crippen molar-refractivity contribution in [2.45, 2.75) is 13.5 Å². The molecule has 0 aliphatic rings. The van der Waals surface area contributed by atoms with Gasteiger partial charge in [-0.05, 0) is 41.0 Å². The smallest absolute Gasteiger partial charge is 0.338 e. The third-order valence-electron chi connectivity index (χ3n) is 4.58. The van der Waals surface area contributed by atoms with Gasteiger partial charge in [0.15, 0.2) is 6.61 Å². The molecule has 3 aromatic rings. The number of esters is 2. The summed E-state index contributed by atoms with van der Waals surface area (Å²) in [6.07, 6.45) is 0. The topological polar surface area (TPSA) is 72.9 Å². The highest BCUT2D eigenvalue weighted by Gasteiger charge is 2.14. The SMILES string of the molecule is CC(=O)Oc1ccc(-c2ccc(C(=O)OCC(=O)N(C)Cc3ccccc3)cc2)cc1. The van der Waals surface area contributed by atoms with E-state index in [4.69, 9.17) is 9.47 Å². The molecule has 6 heteroatoms. The largest absolute Gasteiger partial charge is 0.452 e. The van der Waals surface area contributed by atoms with Gasteiger partial charge in [-0.2, -0.15) is 0 Å². The number of carbonyl (C=O) groups is 3. The number of likely N-dealkylation sites (N-methyl/N-ethyl adjacent to an activating group) is 1. The summed E-state index contributed by atoms with van der Waals surface area (Å²) in [6, 6.07) is 23.5. The van der Waals surface area contributed by atoms with Gasteiger partial charge in [-0.3, -0.25) is 9.59 Å². The van der Waals surface area contributed by atoms with Crippen LogP contribution in [-0.4, -0.2) is 36.4 Å². The van der Waals surface area contributed by atoms with Gasteiger partial charge in [-0.15, -0.1) is 0 Å². The van der Waals surface area contributed by atoms with Crippen LogP contribution < -0.4 is 4.74 Å². The summed E-state index contributed by atoms with van der Waals surface area (Å²) in [5.74, 6) is -0.737. The maximum absolute atomic E-state index is 12.3. The zero-order chi connectivity index (χ0) is 22.2. The van der Waals surface area contributed by atoms with E-state index < -0.39 is 5.97 Å². The van der Waals surface area contributed by atoms with Crippen LogP contribution in [0.4, 0.5) is 0 Å². The molecule has 31 heavy (non-hydrogen) atoms. The summed E-state index contributed by atoms with van der Waals surface area (Å²) >= 11 is 0. The Bertz CT molecular complexity index is 1040. The van der Waals surface area contributed by atoms with E-state index in [1.165, 1.54) is 11.8 Å². The third-order valence-corrected chi connectivity index (χ3v) is 4.58. The molecular formula is C25H23NO5. The van der Waals surface area contributed by atoms with Gasteiger partial charge in [0.25, 0.3) is 5.91 Å². The van der Waals surface area contributed by atoms with Crippen LogP contribution in [-0.2, 0) is 20.9 Å². The van der Waals surface area contributed by atoms with Crippen LogP contribution in [0.5, 0.6) is 5.75 Å². The van der Waals surface area contributed by atoms with Crippen LogP contribution in [0.15, 0.2) is 78.9 Å². The van der Waals surface area contributed by atoms with Gasteiger partial charge in [0.05, 0.1) is 5.56 Å². The standard InChI is InChI=1S/C25H23NO5/c1-18(27)31-23-14-12-21(13-15-23)20-8-10-22(11-9-20)25(29)30-17-24(28)26(2)16-19-6-4-3-5-7-19/h3-15H,16-17H2,1-2H3. The van der Waals surface area contributed by atoms with E-state index in [2.05, 4.69) is 0 Å². The minimum absolute atomic E-state index is 0.276. The lowest BCUT2D eigenvalue weighted by Gasteiger charge is -2.17. The molecular weight excluding hydrogens is 394 g/mol. The number of rotatable bonds is 7. The van der Waals surface area contributed by atoms with E-state index >= 15 is 0 Å². The van der Waals surface area contributed by atoms with Gasteiger partial charge in [0, 0.05) is 20.5 Å². The summed E-state index contributed by atoms with van der Waals surface area (Å²) in [7, 11) is 1.67. The van der Waals surface area contributed by atoms with Gasteiger partial charge in [0.1, 0.15) is 5.75 Å². The summed E-state index contributed by atoms with van der Waals surface area (Å²) in [4.78, 5) is 37.0. The highest BCUT2D eigenvalue weighted by atomic mass is 16.5. The maximum atomic E-state index is 12.3. The summed E-state index contributed by atoms with van der Waals surface area (Å²) in [6.45, 7) is 1.48. The number of nitrogens with zero attached hydrogens (tertiary/aromatic N) is 1. The lowest BCUT2D eigenvalue weighted by Crippen LogP contribution is -2.30. The van der Waals surface area contributed by atoms with Crippen molar-refractivity contribution >= 4 is 17.8 Å². The first kappa shape index (κ1) is 21.8. The number of hydrogen-bond donors (Lipinski definition) is 0. The fourth-order valence-corrected chi connectivity index (χ4v) is 2.95. The van der Waals surface area contributed by atoms with Gasteiger partial charge in [-0.25, -0.2) is 4.79 Å². The first-order chi connectivity index (χ1) is 14.9. The van der Waals surface area contributed by atoms with Crippen LogP contribution >= 0.6 is 0 Å². The summed E-state index contributed by atoms with van der Waals surface area (Å²) in [5.41, 5.74) is 3.16. The Labute approximate surface area is 181 Å². The highest BCUT2D eigenvalue weighted by Crippen LogP contribution is 2.23. The van der Waals surface area contributed by atoms with Crippen LogP contribution in [0.25, 0.3) is 11.1 Å². The van der Waals surface area contributed by atoms with E-state index in [1.54, 1.807) is 43.4 Å². The monoisotopic (exact) mass is 417 g/mol. The summed E-state index contributed by atoms with van der Waals surface area (Å²) < 4.78 is 10.2. The Kier molecular flexibility index (Phi) is 7.17. The Balaban J connectivity index is 1.54. The molecule has 0 aromatic heterocycles. The molecule has 3 aromatic carbocycles. The fraction of sp³-hybridized carbons (Fsp3) is 0.160.